The van der Waals surface area contributed by atoms with Crippen LogP contribution in [0.1, 0.15) is 22.2 Å². The van der Waals surface area contributed by atoms with Gasteiger partial charge in [0.05, 0.1) is 4.88 Å². The van der Waals surface area contributed by atoms with Crippen molar-refractivity contribution in [3.63, 3.8) is 0 Å². The van der Waals surface area contributed by atoms with Gasteiger partial charge in [-0.1, -0.05) is 30.3 Å². The predicted octanol–water partition coefficient (Wildman–Crippen LogP) is 3.57. The maximum Gasteiger partial charge on any atom is 0.197 e. The van der Waals surface area contributed by atoms with Crippen molar-refractivity contribution >= 4 is 33.0 Å². The molecule has 1 aromatic heterocycles. The second-order valence-corrected chi connectivity index (χ2v) is 5.77. The maximum absolute atomic E-state index is 12.4. The summed E-state index contributed by atoms with van der Waals surface area (Å²) in [6.45, 7) is 1.75. The van der Waals surface area contributed by atoms with Gasteiger partial charge in [-0.25, -0.2) is 0 Å². The van der Waals surface area contributed by atoms with Gasteiger partial charge in [0.25, 0.3) is 0 Å². The Hall–Kier alpha value is -0.970. The number of carbonyl (C=O) groups is 1. The Morgan fingerprint density at radius 2 is 1.94 bits per heavy atom. The van der Waals surface area contributed by atoms with Gasteiger partial charge in [0.2, 0.25) is 0 Å². The number of rotatable bonds is 3. The normalized spacial score (nSPS) is 14.3. The molecule has 0 amide bonds. The third kappa shape index (κ3) is 2.34. The largest absolute Gasteiger partial charge is 0.315 e. The van der Waals surface area contributed by atoms with Crippen LogP contribution in [0.3, 0.4) is 0 Å². The molecule has 1 unspecified atom stereocenters. The Labute approximate surface area is 113 Å². The molecule has 0 radical (unpaired) electrons. The van der Waals surface area contributed by atoms with Crippen molar-refractivity contribution in [1.82, 2.24) is 0 Å². The van der Waals surface area contributed by atoms with Gasteiger partial charge in [-0.05, 0) is 39.9 Å². The summed E-state index contributed by atoms with van der Waals surface area (Å²) in [4.78, 5) is 13.1. The molecule has 0 saturated heterocycles. The molecule has 1 atom stereocenters. The third-order valence-corrected chi connectivity index (χ3v) is 4.51. The van der Waals surface area contributed by atoms with Crippen molar-refractivity contribution < 1.29 is 4.79 Å². The zero-order valence-corrected chi connectivity index (χ0v) is 11.7. The minimum absolute atomic E-state index is 0.0643. The van der Waals surface area contributed by atoms with Crippen LogP contribution >= 0.6 is 27.3 Å². The molecule has 0 aliphatic carbocycles. The number of carbonyl (C=O) groups excluding carboxylic acids is 1. The zero-order valence-electron chi connectivity index (χ0n) is 9.31. The maximum atomic E-state index is 12.4. The molecule has 2 N–H and O–H groups in total. The van der Waals surface area contributed by atoms with E-state index in [1.54, 1.807) is 6.92 Å². The lowest BCUT2D eigenvalue weighted by molar-refractivity contribution is 0.0903. The average molecular weight is 310 g/mol. The van der Waals surface area contributed by atoms with E-state index in [1.165, 1.54) is 11.3 Å². The van der Waals surface area contributed by atoms with Crippen molar-refractivity contribution in [3.8, 4) is 0 Å². The highest BCUT2D eigenvalue weighted by Gasteiger charge is 2.33. The summed E-state index contributed by atoms with van der Waals surface area (Å²) in [5, 5.41) is 1.87. The van der Waals surface area contributed by atoms with E-state index in [4.69, 9.17) is 5.73 Å². The molecule has 17 heavy (non-hydrogen) atoms. The molecular formula is C13H12BrNOS. The summed E-state index contributed by atoms with van der Waals surface area (Å²) < 4.78 is 0.806. The molecule has 0 fully saturated rings. The summed E-state index contributed by atoms with van der Waals surface area (Å²) in [5.41, 5.74) is 6.01. The average Bonchev–Trinajstić information content (AvgIpc) is 2.75. The topological polar surface area (TPSA) is 43.1 Å². The van der Waals surface area contributed by atoms with Gasteiger partial charge < -0.3 is 5.73 Å². The highest BCUT2D eigenvalue weighted by molar-refractivity contribution is 9.10. The molecule has 2 aromatic rings. The standard InChI is InChI=1S/C13H12BrNOS/c1-13(15,9-5-3-2-4-6-9)12(16)11-10(14)7-8-17-11/h2-8H,15H2,1H3. The fourth-order valence-corrected chi connectivity index (χ4v) is 3.21. The summed E-state index contributed by atoms with van der Waals surface area (Å²) in [5.74, 6) is -0.0643. The lowest BCUT2D eigenvalue weighted by Gasteiger charge is -2.23. The van der Waals surface area contributed by atoms with E-state index in [-0.39, 0.29) is 5.78 Å². The lowest BCUT2D eigenvalue weighted by atomic mass is 9.88. The van der Waals surface area contributed by atoms with Crippen molar-refractivity contribution in [1.29, 1.82) is 0 Å². The monoisotopic (exact) mass is 309 g/mol. The number of nitrogens with two attached hydrogens (primary N) is 1. The number of hydrogen-bond acceptors (Lipinski definition) is 3. The number of thiophene rings is 1. The van der Waals surface area contributed by atoms with Crippen molar-refractivity contribution in [2.45, 2.75) is 12.5 Å². The van der Waals surface area contributed by atoms with E-state index in [0.717, 1.165) is 10.0 Å². The molecule has 1 aromatic carbocycles. The summed E-state index contributed by atoms with van der Waals surface area (Å²) in [6.07, 6.45) is 0. The number of benzene rings is 1. The number of hydrogen-bond donors (Lipinski definition) is 1. The summed E-state index contributed by atoms with van der Waals surface area (Å²) >= 11 is 4.77. The van der Waals surface area contributed by atoms with Gasteiger partial charge >= 0.3 is 0 Å². The fraction of sp³-hybridized carbons (Fsp3) is 0.154. The van der Waals surface area contributed by atoms with Crippen molar-refractivity contribution in [2.75, 3.05) is 0 Å². The Morgan fingerprint density at radius 1 is 1.29 bits per heavy atom. The second kappa shape index (κ2) is 4.72. The fourth-order valence-electron chi connectivity index (χ4n) is 1.61. The highest BCUT2D eigenvalue weighted by Crippen LogP contribution is 2.30. The first-order valence-corrected chi connectivity index (χ1v) is 6.83. The molecule has 4 heteroatoms. The molecule has 2 rings (SSSR count). The highest BCUT2D eigenvalue weighted by atomic mass is 79.9. The quantitative estimate of drug-likeness (QED) is 0.881. The molecule has 0 spiro atoms. The van der Waals surface area contributed by atoms with E-state index < -0.39 is 5.54 Å². The predicted molar refractivity (Wildman–Crippen MR) is 74.3 cm³/mol. The Balaban J connectivity index is 2.40. The third-order valence-electron chi connectivity index (χ3n) is 2.67. The van der Waals surface area contributed by atoms with Crippen LogP contribution in [0.2, 0.25) is 0 Å². The Kier molecular flexibility index (Phi) is 3.47. The molecular weight excluding hydrogens is 298 g/mol. The number of Topliss-reactive ketones (excluding diaryl/α,β-unsaturated/α-hetero) is 1. The van der Waals surface area contributed by atoms with E-state index in [0.29, 0.717) is 4.88 Å². The molecule has 0 saturated carbocycles. The van der Waals surface area contributed by atoms with Crippen LogP contribution in [0.15, 0.2) is 46.3 Å². The first kappa shape index (κ1) is 12.5. The molecule has 2 nitrogen and oxygen atoms in total. The van der Waals surface area contributed by atoms with Gasteiger partial charge in [0.15, 0.2) is 5.78 Å². The Bertz CT molecular complexity index is 533. The van der Waals surface area contributed by atoms with Crippen LogP contribution < -0.4 is 5.73 Å². The van der Waals surface area contributed by atoms with Gasteiger partial charge in [-0.3, -0.25) is 4.79 Å². The molecule has 0 aliphatic rings. The van der Waals surface area contributed by atoms with Crippen molar-refractivity contribution in [2.24, 2.45) is 5.73 Å². The van der Waals surface area contributed by atoms with Crippen LogP contribution in [-0.4, -0.2) is 5.78 Å². The molecule has 0 aliphatic heterocycles. The first-order chi connectivity index (χ1) is 8.03. The van der Waals surface area contributed by atoms with E-state index in [9.17, 15) is 4.79 Å². The Morgan fingerprint density at radius 3 is 2.47 bits per heavy atom. The van der Waals surface area contributed by atoms with Gasteiger partial charge in [0.1, 0.15) is 5.54 Å². The SMILES string of the molecule is CC(N)(C(=O)c1sccc1Br)c1ccccc1. The van der Waals surface area contributed by atoms with Gasteiger partial charge in [-0.15, -0.1) is 11.3 Å². The lowest BCUT2D eigenvalue weighted by Crippen LogP contribution is -2.41. The van der Waals surface area contributed by atoms with E-state index in [1.807, 2.05) is 41.8 Å². The minimum atomic E-state index is -0.991. The van der Waals surface area contributed by atoms with E-state index in [2.05, 4.69) is 15.9 Å². The van der Waals surface area contributed by atoms with Crippen LogP contribution in [0, 0.1) is 0 Å². The van der Waals surface area contributed by atoms with E-state index >= 15 is 0 Å². The summed E-state index contributed by atoms with van der Waals surface area (Å²) in [7, 11) is 0. The molecule has 0 bridgehead atoms. The number of halogens is 1. The van der Waals surface area contributed by atoms with Crippen LogP contribution in [0.25, 0.3) is 0 Å². The van der Waals surface area contributed by atoms with Crippen LogP contribution in [-0.2, 0) is 5.54 Å². The van der Waals surface area contributed by atoms with Crippen molar-refractivity contribution in [3.05, 3.63) is 56.7 Å². The van der Waals surface area contributed by atoms with Crippen LogP contribution in [0.4, 0.5) is 0 Å². The smallest absolute Gasteiger partial charge is 0.197 e. The molecule has 88 valence electrons. The number of ketones is 1. The second-order valence-electron chi connectivity index (χ2n) is 4.00. The van der Waals surface area contributed by atoms with Gasteiger partial charge in [0, 0.05) is 4.47 Å². The minimum Gasteiger partial charge on any atom is -0.315 e. The van der Waals surface area contributed by atoms with Gasteiger partial charge in [-0.2, -0.15) is 0 Å². The zero-order chi connectivity index (χ0) is 12.5. The molecule has 1 heterocycles. The summed E-state index contributed by atoms with van der Waals surface area (Å²) in [6, 6.07) is 11.3. The van der Waals surface area contributed by atoms with Crippen LogP contribution in [0.5, 0.6) is 0 Å². The first-order valence-electron chi connectivity index (χ1n) is 5.15.